The van der Waals surface area contributed by atoms with Crippen LogP contribution in [0.1, 0.15) is 12.7 Å². The maximum absolute atomic E-state index is 11.6. The highest BCUT2D eigenvalue weighted by Gasteiger charge is 2.02. The summed E-state index contributed by atoms with van der Waals surface area (Å²) in [7, 11) is 0. The average Bonchev–Trinajstić information content (AvgIpc) is 2.98. The lowest BCUT2D eigenvalue weighted by molar-refractivity contribution is -0.119. The van der Waals surface area contributed by atoms with E-state index in [9.17, 15) is 4.79 Å². The molecule has 0 saturated heterocycles. The second-order valence-electron chi connectivity index (χ2n) is 4.17. The SMILES string of the molecule is CCOc1ccc(NCC(=O)NCc2ccco2)cc1. The molecule has 0 bridgehead atoms. The third kappa shape index (κ3) is 4.35. The Morgan fingerprint density at radius 2 is 2.05 bits per heavy atom. The number of nitrogens with one attached hydrogen (secondary N) is 2. The van der Waals surface area contributed by atoms with Gasteiger partial charge in [0.15, 0.2) is 0 Å². The van der Waals surface area contributed by atoms with Crippen LogP contribution in [-0.4, -0.2) is 19.1 Å². The first-order chi connectivity index (χ1) is 9.78. The maximum Gasteiger partial charge on any atom is 0.239 e. The monoisotopic (exact) mass is 274 g/mol. The van der Waals surface area contributed by atoms with Crippen LogP contribution in [0, 0.1) is 0 Å². The second-order valence-corrected chi connectivity index (χ2v) is 4.17. The number of benzene rings is 1. The second kappa shape index (κ2) is 7.23. The lowest BCUT2D eigenvalue weighted by atomic mass is 10.3. The van der Waals surface area contributed by atoms with E-state index in [1.165, 1.54) is 0 Å². The Morgan fingerprint density at radius 3 is 2.70 bits per heavy atom. The van der Waals surface area contributed by atoms with Crippen molar-refractivity contribution in [1.29, 1.82) is 0 Å². The van der Waals surface area contributed by atoms with Crippen molar-refractivity contribution in [3.05, 3.63) is 48.4 Å². The zero-order valence-electron chi connectivity index (χ0n) is 11.4. The molecule has 1 amide bonds. The summed E-state index contributed by atoms with van der Waals surface area (Å²) in [5.41, 5.74) is 0.876. The molecule has 2 rings (SSSR count). The molecule has 0 aliphatic carbocycles. The minimum atomic E-state index is -0.0877. The van der Waals surface area contributed by atoms with E-state index in [4.69, 9.17) is 9.15 Å². The molecule has 2 N–H and O–H groups in total. The lowest BCUT2D eigenvalue weighted by Gasteiger charge is -2.08. The molecule has 1 heterocycles. The van der Waals surface area contributed by atoms with Gasteiger partial charge in [-0.1, -0.05) is 0 Å². The highest BCUT2D eigenvalue weighted by atomic mass is 16.5. The summed E-state index contributed by atoms with van der Waals surface area (Å²) in [6.45, 7) is 3.20. The number of anilines is 1. The van der Waals surface area contributed by atoms with Gasteiger partial charge in [-0.15, -0.1) is 0 Å². The minimum absolute atomic E-state index is 0.0877. The zero-order valence-corrected chi connectivity index (χ0v) is 11.4. The first-order valence-electron chi connectivity index (χ1n) is 6.53. The summed E-state index contributed by atoms with van der Waals surface area (Å²) in [6.07, 6.45) is 1.58. The van der Waals surface area contributed by atoms with Gasteiger partial charge in [-0.25, -0.2) is 0 Å². The minimum Gasteiger partial charge on any atom is -0.494 e. The highest BCUT2D eigenvalue weighted by Crippen LogP contribution is 2.15. The number of rotatable bonds is 7. The molecular formula is C15H18N2O3. The fourth-order valence-corrected chi connectivity index (χ4v) is 1.68. The molecule has 20 heavy (non-hydrogen) atoms. The lowest BCUT2D eigenvalue weighted by Crippen LogP contribution is -2.29. The molecular weight excluding hydrogens is 256 g/mol. The summed E-state index contributed by atoms with van der Waals surface area (Å²) in [5.74, 6) is 1.47. The highest BCUT2D eigenvalue weighted by molar-refractivity contribution is 5.80. The van der Waals surface area contributed by atoms with Crippen LogP contribution >= 0.6 is 0 Å². The Hall–Kier alpha value is -2.43. The van der Waals surface area contributed by atoms with Gasteiger partial charge in [-0.05, 0) is 43.3 Å². The first kappa shape index (κ1) is 14.0. The Morgan fingerprint density at radius 1 is 1.25 bits per heavy atom. The van der Waals surface area contributed by atoms with Crippen LogP contribution in [0.5, 0.6) is 5.75 Å². The van der Waals surface area contributed by atoms with Gasteiger partial charge in [0.1, 0.15) is 11.5 Å². The van der Waals surface area contributed by atoms with Crippen LogP contribution in [0.4, 0.5) is 5.69 Å². The van der Waals surface area contributed by atoms with E-state index in [1.807, 2.05) is 37.3 Å². The van der Waals surface area contributed by atoms with Gasteiger partial charge in [0.05, 0.1) is 26.0 Å². The summed E-state index contributed by atoms with van der Waals surface area (Å²) >= 11 is 0. The number of carbonyl (C=O) groups is 1. The Labute approximate surface area is 117 Å². The van der Waals surface area contributed by atoms with Crippen LogP contribution in [0.3, 0.4) is 0 Å². The normalized spacial score (nSPS) is 10.1. The van der Waals surface area contributed by atoms with E-state index in [1.54, 1.807) is 12.3 Å². The number of amides is 1. The zero-order chi connectivity index (χ0) is 14.2. The van der Waals surface area contributed by atoms with Crippen molar-refractivity contribution in [1.82, 2.24) is 5.32 Å². The summed E-state index contributed by atoms with van der Waals surface area (Å²) in [4.78, 5) is 11.6. The van der Waals surface area contributed by atoms with Gasteiger partial charge in [-0.3, -0.25) is 4.79 Å². The molecule has 0 saturated carbocycles. The van der Waals surface area contributed by atoms with Gasteiger partial charge in [0, 0.05) is 5.69 Å². The predicted octanol–water partition coefficient (Wildman–Crippen LogP) is 2.41. The molecule has 1 aromatic carbocycles. The van der Waals surface area contributed by atoms with Crippen LogP contribution in [0.25, 0.3) is 0 Å². The van der Waals surface area contributed by atoms with Crippen molar-refractivity contribution >= 4 is 11.6 Å². The average molecular weight is 274 g/mol. The third-order valence-electron chi connectivity index (χ3n) is 2.66. The molecule has 0 fully saturated rings. The standard InChI is InChI=1S/C15H18N2O3/c1-2-19-13-7-5-12(6-8-13)16-11-15(18)17-10-14-4-3-9-20-14/h3-9,16H,2,10-11H2,1H3,(H,17,18). The van der Waals surface area contributed by atoms with Crippen molar-refractivity contribution in [2.75, 3.05) is 18.5 Å². The number of hydrogen-bond acceptors (Lipinski definition) is 4. The van der Waals surface area contributed by atoms with E-state index in [0.29, 0.717) is 13.2 Å². The Kier molecular flexibility index (Phi) is 5.06. The van der Waals surface area contributed by atoms with E-state index in [2.05, 4.69) is 10.6 Å². The van der Waals surface area contributed by atoms with Gasteiger partial charge in [-0.2, -0.15) is 0 Å². The Bertz CT molecular complexity index is 521. The molecule has 0 aliphatic rings. The summed E-state index contributed by atoms with van der Waals surface area (Å²) in [6, 6.07) is 11.1. The van der Waals surface area contributed by atoms with E-state index in [0.717, 1.165) is 17.2 Å². The fourth-order valence-electron chi connectivity index (χ4n) is 1.68. The molecule has 0 atom stereocenters. The Balaban J connectivity index is 1.72. The molecule has 0 spiro atoms. The van der Waals surface area contributed by atoms with Crippen molar-refractivity contribution in [2.45, 2.75) is 13.5 Å². The quantitative estimate of drug-likeness (QED) is 0.814. The molecule has 0 radical (unpaired) electrons. The van der Waals surface area contributed by atoms with E-state index in [-0.39, 0.29) is 12.5 Å². The fraction of sp³-hybridized carbons (Fsp3) is 0.267. The van der Waals surface area contributed by atoms with Crippen molar-refractivity contribution in [3.8, 4) is 5.75 Å². The predicted molar refractivity (Wildman–Crippen MR) is 76.7 cm³/mol. The molecule has 0 unspecified atom stereocenters. The van der Waals surface area contributed by atoms with Crippen molar-refractivity contribution in [2.24, 2.45) is 0 Å². The van der Waals surface area contributed by atoms with Gasteiger partial charge >= 0.3 is 0 Å². The van der Waals surface area contributed by atoms with Crippen LogP contribution in [-0.2, 0) is 11.3 Å². The summed E-state index contributed by atoms with van der Waals surface area (Å²) < 4.78 is 10.5. The molecule has 2 aromatic rings. The summed E-state index contributed by atoms with van der Waals surface area (Å²) in [5, 5.41) is 5.81. The van der Waals surface area contributed by atoms with E-state index >= 15 is 0 Å². The van der Waals surface area contributed by atoms with Gasteiger partial charge in [0.2, 0.25) is 5.91 Å². The molecule has 5 heteroatoms. The molecule has 106 valence electrons. The van der Waals surface area contributed by atoms with Crippen LogP contribution in [0.2, 0.25) is 0 Å². The number of carbonyl (C=O) groups excluding carboxylic acids is 1. The van der Waals surface area contributed by atoms with Gasteiger partial charge < -0.3 is 19.8 Å². The topological polar surface area (TPSA) is 63.5 Å². The molecule has 1 aromatic heterocycles. The van der Waals surface area contributed by atoms with Crippen LogP contribution in [0.15, 0.2) is 47.1 Å². The largest absolute Gasteiger partial charge is 0.494 e. The van der Waals surface area contributed by atoms with Crippen molar-refractivity contribution < 1.29 is 13.9 Å². The van der Waals surface area contributed by atoms with Gasteiger partial charge in [0.25, 0.3) is 0 Å². The van der Waals surface area contributed by atoms with Crippen LogP contribution < -0.4 is 15.4 Å². The first-order valence-corrected chi connectivity index (χ1v) is 6.53. The number of ether oxygens (including phenoxy) is 1. The molecule has 5 nitrogen and oxygen atoms in total. The molecule has 0 aliphatic heterocycles. The number of hydrogen-bond donors (Lipinski definition) is 2. The third-order valence-corrected chi connectivity index (χ3v) is 2.66. The van der Waals surface area contributed by atoms with Crippen molar-refractivity contribution in [3.63, 3.8) is 0 Å². The smallest absolute Gasteiger partial charge is 0.239 e. The van der Waals surface area contributed by atoms with E-state index < -0.39 is 0 Å². The maximum atomic E-state index is 11.6. The number of furan rings is 1.